The lowest BCUT2D eigenvalue weighted by atomic mass is 9.90. The first-order chi connectivity index (χ1) is 15.7. The Bertz CT molecular complexity index is 1140. The molecule has 0 saturated carbocycles. The molecule has 1 amide bonds. The van der Waals surface area contributed by atoms with Crippen molar-refractivity contribution in [2.45, 2.75) is 30.0 Å². The Kier molecular flexibility index (Phi) is 6.41. The van der Waals surface area contributed by atoms with E-state index in [2.05, 4.69) is 15.5 Å². The molecule has 33 heavy (non-hydrogen) atoms. The Morgan fingerprint density at radius 3 is 2.64 bits per heavy atom. The van der Waals surface area contributed by atoms with Crippen LogP contribution in [0.25, 0.3) is 0 Å². The van der Waals surface area contributed by atoms with Crippen molar-refractivity contribution in [3.05, 3.63) is 65.2 Å². The zero-order valence-electron chi connectivity index (χ0n) is 17.0. The second kappa shape index (κ2) is 9.26. The smallest absolute Gasteiger partial charge is 0.416 e. The number of carbonyl (C=O) groups excluding carboxylic acids is 1. The van der Waals surface area contributed by atoms with Crippen LogP contribution in [-0.2, 0) is 26.9 Å². The monoisotopic (exact) mass is 477 g/mol. The van der Waals surface area contributed by atoms with Crippen molar-refractivity contribution in [2.24, 2.45) is 16.1 Å². The molecular weight excluding hydrogens is 459 g/mol. The number of rotatable bonds is 5. The van der Waals surface area contributed by atoms with Gasteiger partial charge in [0.15, 0.2) is 6.10 Å². The number of hydrogen-bond acceptors (Lipinski definition) is 6. The lowest BCUT2D eigenvalue weighted by Crippen LogP contribution is -2.27. The van der Waals surface area contributed by atoms with Crippen LogP contribution in [0.15, 0.2) is 63.6 Å². The van der Waals surface area contributed by atoms with Crippen LogP contribution in [0, 0.1) is 5.92 Å². The van der Waals surface area contributed by atoms with Gasteiger partial charge in [0, 0.05) is 22.1 Å². The van der Waals surface area contributed by atoms with Crippen LogP contribution in [0.3, 0.4) is 0 Å². The van der Waals surface area contributed by atoms with Crippen LogP contribution in [0.1, 0.15) is 23.1 Å². The van der Waals surface area contributed by atoms with Gasteiger partial charge in [0.05, 0.1) is 17.7 Å². The minimum atomic E-state index is -4.52. The molecular formula is C22H18F3N3O4S. The molecule has 0 bridgehead atoms. The summed E-state index contributed by atoms with van der Waals surface area (Å²) in [6.07, 6.45) is -5.78. The number of aliphatic carboxylic acids is 1. The number of thioether (sulfide) groups is 1. The molecule has 0 spiro atoms. The van der Waals surface area contributed by atoms with E-state index in [4.69, 9.17) is 9.84 Å². The lowest BCUT2D eigenvalue weighted by Gasteiger charge is -2.26. The molecule has 2 unspecified atom stereocenters. The topological polar surface area (TPSA) is 100 Å². The molecule has 2 aromatic carbocycles. The van der Waals surface area contributed by atoms with Crippen molar-refractivity contribution >= 4 is 35.4 Å². The largest absolute Gasteiger partial charge is 0.481 e. The van der Waals surface area contributed by atoms with E-state index in [0.717, 1.165) is 17.7 Å². The van der Waals surface area contributed by atoms with E-state index in [1.807, 2.05) is 30.3 Å². The van der Waals surface area contributed by atoms with E-state index in [-0.39, 0.29) is 11.9 Å². The van der Waals surface area contributed by atoms with Gasteiger partial charge in [0.2, 0.25) is 0 Å². The highest BCUT2D eigenvalue weighted by atomic mass is 32.2. The first kappa shape index (κ1) is 22.8. The van der Waals surface area contributed by atoms with Crippen molar-refractivity contribution in [1.29, 1.82) is 0 Å². The molecule has 2 atom stereocenters. The predicted molar refractivity (Wildman–Crippen MR) is 115 cm³/mol. The molecule has 4 rings (SSSR count). The maximum absolute atomic E-state index is 13.4. The summed E-state index contributed by atoms with van der Waals surface area (Å²) in [5.41, 5.74) is 0.851. The SMILES string of the molecule is O=C(O)CC1O/C(=N\N=C2/c3cc(C(F)(F)F)ccc3SCC2Cc2ccccc2)NC1=O. The van der Waals surface area contributed by atoms with Crippen LogP contribution in [-0.4, -0.2) is 40.6 Å². The number of hydrogen-bond donors (Lipinski definition) is 2. The molecule has 0 aromatic heterocycles. The highest BCUT2D eigenvalue weighted by Gasteiger charge is 2.35. The second-order valence-corrected chi connectivity index (χ2v) is 8.55. The average molecular weight is 477 g/mol. The number of ether oxygens (including phenoxy) is 1. The van der Waals surface area contributed by atoms with Gasteiger partial charge < -0.3 is 9.84 Å². The molecule has 11 heteroatoms. The van der Waals surface area contributed by atoms with E-state index in [1.165, 1.54) is 17.8 Å². The number of nitrogens with one attached hydrogen (secondary N) is 1. The number of nitrogens with zero attached hydrogens (tertiary/aromatic N) is 2. The van der Waals surface area contributed by atoms with E-state index in [1.54, 1.807) is 0 Å². The number of carboxylic acids is 1. The third-order valence-electron chi connectivity index (χ3n) is 5.12. The summed E-state index contributed by atoms with van der Waals surface area (Å²) in [4.78, 5) is 23.4. The fraction of sp³-hybridized carbons (Fsp3) is 0.273. The Morgan fingerprint density at radius 2 is 1.94 bits per heavy atom. The minimum absolute atomic E-state index is 0.246. The Balaban J connectivity index is 1.70. The van der Waals surface area contributed by atoms with Crippen LogP contribution in [0.4, 0.5) is 13.2 Å². The summed E-state index contributed by atoms with van der Waals surface area (Å²) >= 11 is 1.44. The third kappa shape index (κ3) is 5.36. The van der Waals surface area contributed by atoms with Crippen molar-refractivity contribution in [1.82, 2.24) is 5.32 Å². The van der Waals surface area contributed by atoms with E-state index >= 15 is 0 Å². The van der Waals surface area contributed by atoms with Gasteiger partial charge in [-0.05, 0) is 30.2 Å². The van der Waals surface area contributed by atoms with E-state index in [0.29, 0.717) is 28.3 Å². The summed E-state index contributed by atoms with van der Waals surface area (Å²) in [6.45, 7) is 0. The van der Waals surface area contributed by atoms with E-state index < -0.39 is 36.1 Å². The molecule has 2 aromatic rings. The molecule has 2 aliphatic heterocycles. The normalized spacial score (nSPS) is 22.7. The molecule has 2 N–H and O–H groups in total. The van der Waals surface area contributed by atoms with Gasteiger partial charge in [-0.2, -0.15) is 13.2 Å². The standard InChI is InChI=1S/C22H18F3N3O4S/c23-22(24,25)14-6-7-17-15(9-14)19(13(11-33-17)8-12-4-2-1-3-5-12)27-28-21-26-20(31)16(32-21)10-18(29)30/h1-7,9,13,16H,8,10-11H2,(H,29,30)(H,26,28,31)/b27-19-. The van der Waals surface area contributed by atoms with Crippen LogP contribution in [0.5, 0.6) is 0 Å². The first-order valence-corrected chi connectivity index (χ1v) is 10.9. The van der Waals surface area contributed by atoms with E-state index in [9.17, 15) is 22.8 Å². The zero-order chi connectivity index (χ0) is 23.6. The molecule has 172 valence electrons. The van der Waals surface area contributed by atoms with Crippen LogP contribution in [0.2, 0.25) is 0 Å². The lowest BCUT2D eigenvalue weighted by molar-refractivity contribution is -0.141. The van der Waals surface area contributed by atoms with Crippen molar-refractivity contribution in [3.8, 4) is 0 Å². The average Bonchev–Trinajstić information content (AvgIpc) is 3.11. The van der Waals surface area contributed by atoms with Gasteiger partial charge in [-0.3, -0.25) is 14.9 Å². The number of alkyl halides is 3. The number of benzene rings is 2. The summed E-state index contributed by atoms with van der Waals surface area (Å²) in [5, 5.41) is 19.3. The molecule has 2 heterocycles. The zero-order valence-corrected chi connectivity index (χ0v) is 17.8. The Hall–Kier alpha value is -3.34. The van der Waals surface area contributed by atoms with Crippen LogP contribution < -0.4 is 5.32 Å². The molecule has 2 aliphatic rings. The van der Waals surface area contributed by atoms with Gasteiger partial charge >= 0.3 is 18.2 Å². The number of carboxylic acid groups (broad SMARTS) is 1. The fourth-order valence-corrected chi connectivity index (χ4v) is 4.70. The van der Waals surface area contributed by atoms with Gasteiger partial charge in [0.1, 0.15) is 0 Å². The highest BCUT2D eigenvalue weighted by Crippen LogP contribution is 2.39. The number of amides is 1. The summed E-state index contributed by atoms with van der Waals surface area (Å²) < 4.78 is 45.3. The quantitative estimate of drug-likeness (QED) is 0.640. The third-order valence-corrected chi connectivity index (χ3v) is 6.36. The van der Waals surface area contributed by atoms with Crippen molar-refractivity contribution in [3.63, 3.8) is 0 Å². The van der Waals surface area contributed by atoms with Gasteiger partial charge in [-0.25, -0.2) is 0 Å². The molecule has 1 fully saturated rings. The molecule has 0 aliphatic carbocycles. The van der Waals surface area contributed by atoms with Gasteiger partial charge in [-0.1, -0.05) is 35.4 Å². The van der Waals surface area contributed by atoms with Gasteiger partial charge in [-0.15, -0.1) is 16.9 Å². The number of fused-ring (bicyclic) bond motifs is 1. The van der Waals surface area contributed by atoms with Gasteiger partial charge in [0.25, 0.3) is 5.91 Å². The maximum atomic E-state index is 13.4. The van der Waals surface area contributed by atoms with Crippen molar-refractivity contribution < 1.29 is 32.6 Å². The molecule has 7 nitrogen and oxygen atoms in total. The molecule has 0 radical (unpaired) electrons. The number of carbonyl (C=O) groups is 2. The fourth-order valence-electron chi connectivity index (χ4n) is 3.56. The Morgan fingerprint density at radius 1 is 1.18 bits per heavy atom. The van der Waals surface area contributed by atoms with Crippen molar-refractivity contribution in [2.75, 3.05) is 5.75 Å². The molecule has 1 saturated heterocycles. The highest BCUT2D eigenvalue weighted by molar-refractivity contribution is 7.99. The summed E-state index contributed by atoms with van der Waals surface area (Å²) in [6, 6.07) is 12.7. The minimum Gasteiger partial charge on any atom is -0.481 e. The second-order valence-electron chi connectivity index (χ2n) is 7.49. The number of amidine groups is 1. The Labute approximate surface area is 190 Å². The first-order valence-electron chi connectivity index (χ1n) is 9.94. The predicted octanol–water partition coefficient (Wildman–Crippen LogP) is 3.72. The van der Waals surface area contributed by atoms with Crippen LogP contribution >= 0.6 is 11.8 Å². The number of halogens is 3. The summed E-state index contributed by atoms with van der Waals surface area (Å²) in [5.74, 6) is -1.56. The summed E-state index contributed by atoms with van der Waals surface area (Å²) in [7, 11) is 0. The maximum Gasteiger partial charge on any atom is 0.416 e.